The Bertz CT molecular complexity index is 541. The van der Waals surface area contributed by atoms with Gasteiger partial charge >= 0.3 is 0 Å². The molecule has 94 valence electrons. The molecule has 0 spiro atoms. The highest BCUT2D eigenvalue weighted by atomic mass is 79.9. The highest BCUT2D eigenvalue weighted by Gasteiger charge is 2.07. The lowest BCUT2D eigenvalue weighted by molar-refractivity contribution is 0.409. The van der Waals surface area contributed by atoms with E-state index in [-0.39, 0.29) is 5.75 Å². The van der Waals surface area contributed by atoms with Gasteiger partial charge in [0.15, 0.2) is 11.5 Å². The van der Waals surface area contributed by atoms with Crippen LogP contribution in [0.1, 0.15) is 11.1 Å². The Labute approximate surface area is 123 Å². The Hall–Kier alpha value is -1.000. The van der Waals surface area contributed by atoms with Gasteiger partial charge in [-0.25, -0.2) is 0 Å². The minimum atomic E-state index is 0.141. The summed E-state index contributed by atoms with van der Waals surface area (Å²) >= 11 is 6.87. The zero-order valence-electron chi connectivity index (χ0n) is 9.57. The number of rotatable bonds is 4. The molecule has 0 aliphatic rings. The molecular weight excluding hydrogens is 360 g/mol. The van der Waals surface area contributed by atoms with Gasteiger partial charge < -0.3 is 9.84 Å². The minimum absolute atomic E-state index is 0.141. The molecule has 0 saturated heterocycles. The molecule has 0 aliphatic heterocycles. The topological polar surface area (TPSA) is 29.5 Å². The van der Waals surface area contributed by atoms with Crippen molar-refractivity contribution in [3.63, 3.8) is 0 Å². The van der Waals surface area contributed by atoms with Gasteiger partial charge in [0.1, 0.15) is 5.75 Å². The SMILES string of the molecule is Oc1ccccc1Oc1ccc(CBr)cc1CBr. The molecule has 0 aliphatic carbocycles. The first-order valence-electron chi connectivity index (χ1n) is 5.44. The number of aromatic hydroxyl groups is 1. The van der Waals surface area contributed by atoms with E-state index in [4.69, 9.17) is 4.74 Å². The zero-order valence-corrected chi connectivity index (χ0v) is 12.7. The van der Waals surface area contributed by atoms with Crippen molar-refractivity contribution in [1.29, 1.82) is 0 Å². The number of benzene rings is 2. The second-order valence-corrected chi connectivity index (χ2v) is 4.90. The highest BCUT2D eigenvalue weighted by molar-refractivity contribution is 9.08. The zero-order chi connectivity index (χ0) is 13.0. The van der Waals surface area contributed by atoms with Crippen molar-refractivity contribution in [2.45, 2.75) is 10.7 Å². The van der Waals surface area contributed by atoms with Crippen LogP contribution in [-0.2, 0) is 10.7 Å². The number of alkyl halides is 2. The van der Waals surface area contributed by atoms with Crippen LogP contribution in [0.4, 0.5) is 0 Å². The molecule has 0 amide bonds. The van der Waals surface area contributed by atoms with E-state index in [1.54, 1.807) is 18.2 Å². The second-order valence-electron chi connectivity index (χ2n) is 3.78. The van der Waals surface area contributed by atoms with Crippen molar-refractivity contribution in [3.8, 4) is 17.2 Å². The van der Waals surface area contributed by atoms with Crippen LogP contribution in [0.2, 0.25) is 0 Å². The van der Waals surface area contributed by atoms with Crippen LogP contribution in [0, 0.1) is 0 Å². The molecule has 0 atom stereocenters. The lowest BCUT2D eigenvalue weighted by atomic mass is 10.1. The summed E-state index contributed by atoms with van der Waals surface area (Å²) in [5.74, 6) is 1.35. The van der Waals surface area contributed by atoms with Gasteiger partial charge in [-0.2, -0.15) is 0 Å². The minimum Gasteiger partial charge on any atom is -0.504 e. The first kappa shape index (κ1) is 13.4. The average molecular weight is 372 g/mol. The summed E-state index contributed by atoms with van der Waals surface area (Å²) in [6.07, 6.45) is 0. The van der Waals surface area contributed by atoms with E-state index in [2.05, 4.69) is 37.9 Å². The molecule has 0 fully saturated rings. The molecule has 0 bridgehead atoms. The Balaban J connectivity index is 2.32. The third kappa shape index (κ3) is 3.06. The van der Waals surface area contributed by atoms with Gasteiger partial charge in [0, 0.05) is 16.2 Å². The fourth-order valence-corrected chi connectivity index (χ4v) is 2.37. The van der Waals surface area contributed by atoms with E-state index >= 15 is 0 Å². The maximum absolute atomic E-state index is 9.69. The predicted octanol–water partition coefficient (Wildman–Crippen LogP) is 4.97. The Kier molecular flexibility index (Phi) is 4.66. The van der Waals surface area contributed by atoms with Gasteiger partial charge in [-0.3, -0.25) is 0 Å². The molecule has 18 heavy (non-hydrogen) atoms. The number of phenols is 1. The molecule has 2 aromatic carbocycles. The van der Waals surface area contributed by atoms with E-state index < -0.39 is 0 Å². The third-order valence-electron chi connectivity index (χ3n) is 2.51. The van der Waals surface area contributed by atoms with Crippen LogP contribution in [0.3, 0.4) is 0 Å². The van der Waals surface area contributed by atoms with Gasteiger partial charge in [-0.05, 0) is 23.8 Å². The number of phenolic OH excluding ortho intramolecular Hbond substituents is 1. The Morgan fingerprint density at radius 3 is 2.39 bits per heavy atom. The van der Waals surface area contributed by atoms with Crippen LogP contribution >= 0.6 is 31.9 Å². The molecule has 0 heterocycles. The summed E-state index contributed by atoms with van der Waals surface area (Å²) in [7, 11) is 0. The van der Waals surface area contributed by atoms with Crippen LogP contribution < -0.4 is 4.74 Å². The standard InChI is InChI=1S/C14H12Br2O2/c15-8-10-5-6-13(11(7-10)9-16)18-14-4-2-1-3-12(14)17/h1-7,17H,8-9H2. The number of para-hydroxylation sites is 2. The number of halogens is 2. The lowest BCUT2D eigenvalue weighted by Gasteiger charge is -2.11. The maximum atomic E-state index is 9.69. The fourth-order valence-electron chi connectivity index (χ4n) is 1.58. The van der Waals surface area contributed by atoms with Gasteiger partial charge in [0.2, 0.25) is 0 Å². The lowest BCUT2D eigenvalue weighted by Crippen LogP contribution is -1.91. The van der Waals surface area contributed by atoms with Crippen LogP contribution in [0.5, 0.6) is 17.2 Å². The third-order valence-corrected chi connectivity index (χ3v) is 3.76. The van der Waals surface area contributed by atoms with Gasteiger partial charge in [-0.15, -0.1) is 0 Å². The van der Waals surface area contributed by atoms with Crippen molar-refractivity contribution in [2.24, 2.45) is 0 Å². The smallest absolute Gasteiger partial charge is 0.169 e. The number of hydrogen-bond donors (Lipinski definition) is 1. The fraction of sp³-hybridized carbons (Fsp3) is 0.143. The normalized spacial score (nSPS) is 10.3. The summed E-state index contributed by atoms with van der Waals surface area (Å²) in [5.41, 5.74) is 2.24. The summed E-state index contributed by atoms with van der Waals surface area (Å²) in [5, 5.41) is 11.2. The van der Waals surface area contributed by atoms with Crippen LogP contribution in [0.15, 0.2) is 42.5 Å². The average Bonchev–Trinajstić information content (AvgIpc) is 2.41. The first-order valence-corrected chi connectivity index (χ1v) is 7.68. The Morgan fingerprint density at radius 1 is 0.944 bits per heavy atom. The Morgan fingerprint density at radius 2 is 1.72 bits per heavy atom. The van der Waals surface area contributed by atoms with Crippen LogP contribution in [-0.4, -0.2) is 5.11 Å². The van der Waals surface area contributed by atoms with Crippen LogP contribution in [0.25, 0.3) is 0 Å². The largest absolute Gasteiger partial charge is 0.504 e. The van der Waals surface area contributed by atoms with Crippen molar-refractivity contribution in [3.05, 3.63) is 53.6 Å². The second kappa shape index (κ2) is 6.25. The van der Waals surface area contributed by atoms with E-state index in [1.165, 1.54) is 5.56 Å². The molecule has 0 aromatic heterocycles. The van der Waals surface area contributed by atoms with E-state index in [1.807, 2.05) is 18.2 Å². The van der Waals surface area contributed by atoms with Gasteiger partial charge in [-0.1, -0.05) is 56.1 Å². The van der Waals surface area contributed by atoms with Gasteiger partial charge in [0.05, 0.1) is 0 Å². The van der Waals surface area contributed by atoms with Crippen molar-refractivity contribution in [2.75, 3.05) is 0 Å². The molecule has 4 heteroatoms. The molecule has 2 aromatic rings. The molecule has 2 nitrogen and oxygen atoms in total. The molecule has 0 unspecified atom stereocenters. The molecule has 0 radical (unpaired) electrons. The highest BCUT2D eigenvalue weighted by Crippen LogP contribution is 2.33. The summed E-state index contributed by atoms with van der Waals surface area (Å²) in [6.45, 7) is 0. The van der Waals surface area contributed by atoms with E-state index in [0.29, 0.717) is 11.1 Å². The van der Waals surface area contributed by atoms with Crippen molar-refractivity contribution in [1.82, 2.24) is 0 Å². The maximum Gasteiger partial charge on any atom is 0.169 e. The summed E-state index contributed by atoms with van der Waals surface area (Å²) in [4.78, 5) is 0. The first-order chi connectivity index (χ1) is 8.74. The molecular formula is C14H12Br2O2. The van der Waals surface area contributed by atoms with Crippen molar-refractivity contribution >= 4 is 31.9 Å². The van der Waals surface area contributed by atoms with Crippen molar-refractivity contribution < 1.29 is 9.84 Å². The molecule has 0 saturated carbocycles. The number of ether oxygens (including phenoxy) is 1. The quantitative estimate of drug-likeness (QED) is 0.768. The summed E-state index contributed by atoms with van der Waals surface area (Å²) < 4.78 is 5.74. The monoisotopic (exact) mass is 370 g/mol. The molecule has 1 N–H and O–H groups in total. The van der Waals surface area contributed by atoms with E-state index in [9.17, 15) is 5.11 Å². The summed E-state index contributed by atoms with van der Waals surface area (Å²) in [6, 6.07) is 12.9. The van der Waals surface area contributed by atoms with Gasteiger partial charge in [0.25, 0.3) is 0 Å². The van der Waals surface area contributed by atoms with E-state index in [0.717, 1.165) is 16.6 Å². The molecule has 2 rings (SSSR count). The number of hydrogen-bond acceptors (Lipinski definition) is 2. The predicted molar refractivity (Wildman–Crippen MR) is 79.9 cm³/mol.